The fourth-order valence-corrected chi connectivity index (χ4v) is 3.21. The summed E-state index contributed by atoms with van der Waals surface area (Å²) < 4.78 is 76.9. The van der Waals surface area contributed by atoms with Crippen LogP contribution in [0.25, 0.3) is 0 Å². The van der Waals surface area contributed by atoms with E-state index in [9.17, 15) is 31.1 Å². The van der Waals surface area contributed by atoms with Crippen LogP contribution in [-0.2, 0) is 17.1 Å². The molecule has 1 heterocycles. The number of pyridine rings is 1. The molecule has 1 amide bonds. The van der Waals surface area contributed by atoms with Crippen LogP contribution in [0.4, 0.5) is 32.0 Å². The van der Waals surface area contributed by atoms with Crippen LogP contribution in [0, 0.1) is 0 Å². The first kappa shape index (κ1) is 21.6. The van der Waals surface area contributed by atoms with E-state index in [0.717, 1.165) is 0 Å². The molecule has 0 aliphatic carbocycles. The number of amides is 1. The highest BCUT2D eigenvalue weighted by Crippen LogP contribution is 2.39. The van der Waals surface area contributed by atoms with E-state index in [4.69, 9.17) is 23.2 Å². The Morgan fingerprint density at radius 1 is 1.00 bits per heavy atom. The normalized spacial score (nSPS) is 12.1. The first-order valence-electron chi connectivity index (χ1n) is 6.89. The number of aromatic nitrogens is 1. The molecule has 27 heavy (non-hydrogen) atoms. The lowest BCUT2D eigenvalue weighted by molar-refractivity contribution is -0.145. The number of benzene rings is 1. The third-order valence-corrected chi connectivity index (χ3v) is 4.41. The standard InChI is InChI=1S/C15H8Cl2F6N2OS/c16-8-2-9(17)4-10(3-8)25-12(26)6-27-13-11(15(21,22)23)1-7(5-24-13)14(18,19)20/h1-5H,6H2,(H,25,26). The van der Waals surface area contributed by atoms with Crippen molar-refractivity contribution in [3.63, 3.8) is 0 Å². The fourth-order valence-electron chi connectivity index (χ4n) is 1.88. The molecule has 0 saturated carbocycles. The Hall–Kier alpha value is -1.65. The first-order chi connectivity index (χ1) is 12.4. The predicted octanol–water partition coefficient (Wildman–Crippen LogP) is 6.16. The maximum atomic E-state index is 13.0. The van der Waals surface area contributed by atoms with Crippen molar-refractivity contribution in [3.05, 3.63) is 51.6 Å². The number of thioether (sulfide) groups is 1. The van der Waals surface area contributed by atoms with E-state index in [2.05, 4.69) is 10.3 Å². The number of alkyl halides is 6. The van der Waals surface area contributed by atoms with Gasteiger partial charge in [0.25, 0.3) is 0 Å². The second-order valence-corrected chi connectivity index (χ2v) is 6.90. The van der Waals surface area contributed by atoms with Crippen LogP contribution in [0.5, 0.6) is 0 Å². The highest BCUT2D eigenvalue weighted by atomic mass is 35.5. The summed E-state index contributed by atoms with van der Waals surface area (Å²) in [7, 11) is 0. The van der Waals surface area contributed by atoms with Crippen molar-refractivity contribution < 1.29 is 31.1 Å². The lowest BCUT2D eigenvalue weighted by Crippen LogP contribution is -2.16. The van der Waals surface area contributed by atoms with Gasteiger partial charge in [-0.15, -0.1) is 0 Å². The van der Waals surface area contributed by atoms with Crippen molar-refractivity contribution in [2.24, 2.45) is 0 Å². The molecule has 2 aromatic rings. The van der Waals surface area contributed by atoms with E-state index in [1.165, 1.54) is 18.2 Å². The lowest BCUT2D eigenvalue weighted by Gasteiger charge is -2.14. The zero-order valence-electron chi connectivity index (χ0n) is 12.9. The second kappa shape index (κ2) is 8.15. The molecule has 3 nitrogen and oxygen atoms in total. The maximum Gasteiger partial charge on any atom is 0.419 e. The summed E-state index contributed by atoms with van der Waals surface area (Å²) >= 11 is 11.9. The van der Waals surface area contributed by atoms with Crippen molar-refractivity contribution >= 4 is 46.6 Å². The van der Waals surface area contributed by atoms with Gasteiger partial charge < -0.3 is 5.32 Å². The van der Waals surface area contributed by atoms with Gasteiger partial charge in [-0.2, -0.15) is 26.3 Å². The molecule has 0 aliphatic heterocycles. The zero-order chi connectivity index (χ0) is 20.4. The number of hydrogen-bond acceptors (Lipinski definition) is 3. The van der Waals surface area contributed by atoms with Gasteiger partial charge in [-0.3, -0.25) is 4.79 Å². The SMILES string of the molecule is O=C(CSc1ncc(C(F)(F)F)cc1C(F)(F)F)Nc1cc(Cl)cc(Cl)c1. The molecule has 0 unspecified atom stereocenters. The summed E-state index contributed by atoms with van der Waals surface area (Å²) in [6, 6.07) is 4.11. The molecule has 1 N–H and O–H groups in total. The van der Waals surface area contributed by atoms with Gasteiger partial charge in [0.2, 0.25) is 5.91 Å². The number of nitrogens with one attached hydrogen (secondary N) is 1. The van der Waals surface area contributed by atoms with Crippen LogP contribution in [0.1, 0.15) is 11.1 Å². The summed E-state index contributed by atoms with van der Waals surface area (Å²) in [5.41, 5.74) is -2.88. The number of nitrogens with zero attached hydrogens (tertiary/aromatic N) is 1. The monoisotopic (exact) mass is 448 g/mol. The first-order valence-corrected chi connectivity index (χ1v) is 8.63. The number of rotatable bonds is 4. The number of halogens is 8. The Bertz CT molecular complexity index is 837. The Morgan fingerprint density at radius 3 is 2.11 bits per heavy atom. The molecule has 146 valence electrons. The molecule has 2 rings (SSSR count). The van der Waals surface area contributed by atoms with Gasteiger partial charge in [0.1, 0.15) is 5.03 Å². The van der Waals surface area contributed by atoms with Crippen LogP contribution in [0.3, 0.4) is 0 Å². The molecule has 0 spiro atoms. The molecule has 0 atom stereocenters. The Kier molecular flexibility index (Phi) is 6.54. The van der Waals surface area contributed by atoms with Crippen molar-refractivity contribution in [2.75, 3.05) is 11.1 Å². The van der Waals surface area contributed by atoms with E-state index in [1.54, 1.807) is 0 Å². The molecule has 0 aliphatic rings. The van der Waals surface area contributed by atoms with Gasteiger partial charge in [0, 0.05) is 21.9 Å². The lowest BCUT2D eigenvalue weighted by atomic mass is 10.2. The number of carbonyl (C=O) groups excluding carboxylic acids is 1. The second-order valence-electron chi connectivity index (χ2n) is 5.07. The minimum absolute atomic E-state index is 0.0377. The largest absolute Gasteiger partial charge is 0.419 e. The van der Waals surface area contributed by atoms with E-state index in [0.29, 0.717) is 11.8 Å². The van der Waals surface area contributed by atoms with E-state index < -0.39 is 40.2 Å². The topological polar surface area (TPSA) is 42.0 Å². The van der Waals surface area contributed by atoms with Crippen molar-refractivity contribution in [2.45, 2.75) is 17.4 Å². The minimum Gasteiger partial charge on any atom is -0.325 e. The third kappa shape index (κ3) is 6.18. The van der Waals surface area contributed by atoms with Crippen molar-refractivity contribution in [1.29, 1.82) is 0 Å². The maximum absolute atomic E-state index is 13.0. The number of anilines is 1. The zero-order valence-corrected chi connectivity index (χ0v) is 15.2. The van der Waals surface area contributed by atoms with E-state index >= 15 is 0 Å². The predicted molar refractivity (Wildman–Crippen MR) is 90.1 cm³/mol. The van der Waals surface area contributed by atoms with Gasteiger partial charge in [-0.05, 0) is 24.3 Å². The van der Waals surface area contributed by atoms with Gasteiger partial charge >= 0.3 is 12.4 Å². The van der Waals surface area contributed by atoms with Gasteiger partial charge in [-0.1, -0.05) is 35.0 Å². The van der Waals surface area contributed by atoms with Crippen LogP contribution in [-0.4, -0.2) is 16.6 Å². The quantitative estimate of drug-likeness (QED) is 0.450. The van der Waals surface area contributed by atoms with Crippen LogP contribution in [0.2, 0.25) is 10.0 Å². The summed E-state index contributed by atoms with van der Waals surface area (Å²) in [5, 5.41) is 2.09. The fraction of sp³-hybridized carbons (Fsp3) is 0.200. The molecule has 1 aromatic carbocycles. The Labute approximate surface area is 163 Å². The van der Waals surface area contributed by atoms with Crippen LogP contribution >= 0.6 is 35.0 Å². The average Bonchev–Trinajstić information content (AvgIpc) is 2.50. The summed E-state index contributed by atoms with van der Waals surface area (Å²) in [5.74, 6) is -1.24. The molecular weight excluding hydrogens is 441 g/mol. The molecule has 0 radical (unpaired) electrons. The highest BCUT2D eigenvalue weighted by Gasteiger charge is 2.39. The van der Waals surface area contributed by atoms with Crippen LogP contribution < -0.4 is 5.32 Å². The Balaban J connectivity index is 2.15. The molecule has 1 aromatic heterocycles. The minimum atomic E-state index is -5.06. The van der Waals surface area contributed by atoms with E-state index in [1.807, 2.05) is 0 Å². The van der Waals surface area contributed by atoms with Crippen molar-refractivity contribution in [1.82, 2.24) is 4.98 Å². The average molecular weight is 449 g/mol. The smallest absolute Gasteiger partial charge is 0.325 e. The van der Waals surface area contributed by atoms with Crippen LogP contribution in [0.15, 0.2) is 35.5 Å². The Morgan fingerprint density at radius 2 is 1.59 bits per heavy atom. The van der Waals surface area contributed by atoms with Gasteiger partial charge in [-0.25, -0.2) is 4.98 Å². The van der Waals surface area contributed by atoms with Gasteiger partial charge in [0.15, 0.2) is 0 Å². The molecule has 0 fully saturated rings. The number of carbonyl (C=O) groups is 1. The summed E-state index contributed by atoms with van der Waals surface area (Å²) in [6.45, 7) is 0. The molecule has 12 heteroatoms. The molecule has 0 bridgehead atoms. The highest BCUT2D eigenvalue weighted by molar-refractivity contribution is 8.00. The number of hydrogen-bond donors (Lipinski definition) is 1. The molecule has 0 saturated heterocycles. The van der Waals surface area contributed by atoms with E-state index in [-0.39, 0.29) is 28.0 Å². The van der Waals surface area contributed by atoms with Gasteiger partial charge in [0.05, 0.1) is 16.9 Å². The molecular formula is C15H8Cl2F6N2OS. The third-order valence-electron chi connectivity index (χ3n) is 2.97. The van der Waals surface area contributed by atoms with Crippen molar-refractivity contribution in [3.8, 4) is 0 Å². The summed E-state index contributed by atoms with van der Waals surface area (Å²) in [6.07, 6.45) is -9.75. The summed E-state index contributed by atoms with van der Waals surface area (Å²) in [4.78, 5) is 15.1.